The van der Waals surface area contributed by atoms with E-state index in [1.54, 1.807) is 17.0 Å². The topological polar surface area (TPSA) is 156 Å². The number of nitrogens with one attached hydrogen (secondary N) is 1. The number of nitrogens with zero attached hydrogens (tertiary/aromatic N) is 1. The first-order valence-electron chi connectivity index (χ1n) is 12.8. The lowest BCUT2D eigenvalue weighted by Crippen LogP contribution is -2.44. The number of sulfone groups is 1. The van der Waals surface area contributed by atoms with E-state index in [0.717, 1.165) is 30.4 Å². The minimum atomic E-state index is -3.86. The van der Waals surface area contributed by atoms with Gasteiger partial charge >= 0.3 is 0 Å². The van der Waals surface area contributed by atoms with Gasteiger partial charge in [-0.25, -0.2) is 8.42 Å². The highest BCUT2D eigenvalue weighted by Gasteiger charge is 2.32. The van der Waals surface area contributed by atoms with Gasteiger partial charge in [0.25, 0.3) is 0 Å². The monoisotopic (exact) mass is 530 g/mol. The number of nitrogens with two attached hydrogens (primary N) is 2. The highest BCUT2D eigenvalue weighted by atomic mass is 32.2. The summed E-state index contributed by atoms with van der Waals surface area (Å²) in [7, 11) is -3.86. The Morgan fingerprint density at radius 1 is 1.05 bits per heavy atom. The van der Waals surface area contributed by atoms with Crippen molar-refractivity contribution in [1.29, 1.82) is 0 Å². The van der Waals surface area contributed by atoms with Crippen molar-refractivity contribution in [2.75, 3.05) is 37.3 Å². The van der Waals surface area contributed by atoms with E-state index in [-0.39, 0.29) is 36.0 Å². The highest BCUT2D eigenvalue weighted by Crippen LogP contribution is 2.25. The maximum absolute atomic E-state index is 13.6. The zero-order valence-electron chi connectivity index (χ0n) is 21.1. The summed E-state index contributed by atoms with van der Waals surface area (Å²) in [6.07, 6.45) is 2.84. The van der Waals surface area contributed by atoms with Crippen LogP contribution in [0.4, 0.5) is 5.69 Å². The third kappa shape index (κ3) is 8.36. The molecule has 3 rings (SSSR count). The molecular formula is C27H38N4O5S. The van der Waals surface area contributed by atoms with E-state index in [2.05, 4.69) is 5.32 Å². The summed E-state index contributed by atoms with van der Waals surface area (Å²) in [5, 5.41) is 11.5. The van der Waals surface area contributed by atoms with Crippen LogP contribution < -0.4 is 16.8 Å². The fourth-order valence-corrected chi connectivity index (χ4v) is 6.35. The number of aliphatic hydroxyl groups excluding tert-OH is 1. The largest absolute Gasteiger partial charge is 0.396 e. The van der Waals surface area contributed by atoms with Crippen molar-refractivity contribution >= 4 is 27.3 Å². The van der Waals surface area contributed by atoms with Crippen LogP contribution in [-0.2, 0) is 32.4 Å². The third-order valence-electron chi connectivity index (χ3n) is 6.80. The summed E-state index contributed by atoms with van der Waals surface area (Å²) in [5.74, 6) is -1.21. The fourth-order valence-electron chi connectivity index (χ4n) is 4.77. The maximum atomic E-state index is 13.6. The van der Waals surface area contributed by atoms with Gasteiger partial charge < -0.3 is 26.8 Å². The molecule has 10 heteroatoms. The third-order valence-corrected chi connectivity index (χ3v) is 8.61. The van der Waals surface area contributed by atoms with Crippen LogP contribution in [0.1, 0.15) is 36.8 Å². The standard InChI is InChI=1S/C27H38N4O5S/c28-11-7-20-8-12-31(13-9-20)27(34)23(16-21-3-1-4-22(15-21)18-29)19-37(35,36)25-6-2-5-24(17-25)30-26(33)10-14-32/h1-6,15,17,20,23,32H,7-14,16,18-19,28-29H2,(H,30,33)/t23-/m1/s1. The lowest BCUT2D eigenvalue weighted by molar-refractivity contribution is -0.136. The summed E-state index contributed by atoms with van der Waals surface area (Å²) in [6, 6.07) is 13.5. The zero-order chi connectivity index (χ0) is 26.8. The Hall–Kier alpha value is -2.79. The molecule has 2 amide bonds. The first kappa shape index (κ1) is 28.8. The number of hydrogen-bond donors (Lipinski definition) is 4. The van der Waals surface area contributed by atoms with Crippen molar-refractivity contribution < 1.29 is 23.1 Å². The van der Waals surface area contributed by atoms with Crippen molar-refractivity contribution in [2.24, 2.45) is 23.3 Å². The molecule has 0 bridgehead atoms. The maximum Gasteiger partial charge on any atom is 0.227 e. The Morgan fingerprint density at radius 3 is 2.43 bits per heavy atom. The highest BCUT2D eigenvalue weighted by molar-refractivity contribution is 7.91. The Balaban J connectivity index is 1.83. The molecule has 0 aliphatic carbocycles. The van der Waals surface area contributed by atoms with E-state index >= 15 is 0 Å². The number of hydrogen-bond acceptors (Lipinski definition) is 7. The van der Waals surface area contributed by atoms with Crippen LogP contribution in [0.15, 0.2) is 53.4 Å². The summed E-state index contributed by atoms with van der Waals surface area (Å²) in [5.41, 5.74) is 13.6. The molecule has 0 saturated carbocycles. The van der Waals surface area contributed by atoms with Gasteiger partial charge in [-0.1, -0.05) is 30.3 Å². The number of rotatable bonds is 12. The number of aliphatic hydroxyl groups is 1. The second-order valence-electron chi connectivity index (χ2n) is 9.60. The van der Waals surface area contributed by atoms with E-state index in [4.69, 9.17) is 16.6 Å². The van der Waals surface area contributed by atoms with Gasteiger partial charge in [0.2, 0.25) is 11.8 Å². The molecule has 0 aromatic heterocycles. The molecule has 2 aromatic rings. The molecule has 1 heterocycles. The predicted molar refractivity (Wildman–Crippen MR) is 143 cm³/mol. The van der Waals surface area contributed by atoms with Gasteiger partial charge in [-0.3, -0.25) is 9.59 Å². The summed E-state index contributed by atoms with van der Waals surface area (Å²) in [4.78, 5) is 27.3. The Kier molecular flexibility index (Phi) is 10.6. The second-order valence-corrected chi connectivity index (χ2v) is 11.6. The lowest BCUT2D eigenvalue weighted by Gasteiger charge is -2.34. The summed E-state index contributed by atoms with van der Waals surface area (Å²) < 4.78 is 27.0. The van der Waals surface area contributed by atoms with Gasteiger partial charge in [0.05, 0.1) is 29.6 Å². The van der Waals surface area contributed by atoms with Crippen molar-refractivity contribution in [3.8, 4) is 0 Å². The fraction of sp³-hybridized carbons (Fsp3) is 0.481. The van der Waals surface area contributed by atoms with E-state index in [9.17, 15) is 18.0 Å². The SMILES string of the molecule is NCCC1CCN(C(=O)[C@H](Cc2cccc(CN)c2)CS(=O)(=O)c2cccc(NC(=O)CCO)c2)CC1. The van der Waals surface area contributed by atoms with Gasteiger partial charge in [-0.2, -0.15) is 0 Å². The molecular weight excluding hydrogens is 492 g/mol. The normalized spacial score (nSPS) is 15.4. The van der Waals surface area contributed by atoms with Gasteiger partial charge in [0.15, 0.2) is 9.84 Å². The average molecular weight is 531 g/mol. The van der Waals surface area contributed by atoms with E-state index in [1.807, 2.05) is 24.3 Å². The predicted octanol–water partition coefficient (Wildman–Crippen LogP) is 1.69. The van der Waals surface area contributed by atoms with Gasteiger partial charge in [0.1, 0.15) is 0 Å². The molecule has 6 N–H and O–H groups in total. The van der Waals surface area contributed by atoms with Crippen molar-refractivity contribution in [3.05, 3.63) is 59.7 Å². The number of carbonyl (C=O) groups is 2. The number of carbonyl (C=O) groups excluding carboxylic acids is 2. The lowest BCUT2D eigenvalue weighted by atomic mass is 9.92. The van der Waals surface area contributed by atoms with Crippen molar-refractivity contribution in [2.45, 2.75) is 43.5 Å². The Morgan fingerprint density at radius 2 is 1.76 bits per heavy atom. The number of anilines is 1. The van der Waals surface area contributed by atoms with Crippen LogP contribution in [0, 0.1) is 11.8 Å². The molecule has 2 aromatic carbocycles. The minimum absolute atomic E-state index is 0.0319. The molecule has 1 fully saturated rings. The Labute approximate surface area is 219 Å². The number of piperidine rings is 1. The number of benzene rings is 2. The minimum Gasteiger partial charge on any atom is -0.396 e. The molecule has 0 radical (unpaired) electrons. The molecule has 9 nitrogen and oxygen atoms in total. The smallest absolute Gasteiger partial charge is 0.227 e. The van der Waals surface area contributed by atoms with E-state index < -0.39 is 21.7 Å². The first-order valence-corrected chi connectivity index (χ1v) is 14.4. The summed E-state index contributed by atoms with van der Waals surface area (Å²) in [6.45, 7) is 1.86. The van der Waals surface area contributed by atoms with E-state index in [0.29, 0.717) is 37.8 Å². The van der Waals surface area contributed by atoms with Gasteiger partial charge in [-0.05, 0) is 67.5 Å². The van der Waals surface area contributed by atoms with Crippen molar-refractivity contribution in [1.82, 2.24) is 4.90 Å². The second kappa shape index (κ2) is 13.7. The van der Waals surface area contributed by atoms with Crippen LogP contribution >= 0.6 is 0 Å². The number of likely N-dealkylation sites (tertiary alicyclic amines) is 1. The molecule has 1 saturated heterocycles. The molecule has 0 unspecified atom stereocenters. The molecule has 1 aliphatic heterocycles. The van der Waals surface area contributed by atoms with Crippen LogP contribution in [0.3, 0.4) is 0 Å². The first-order chi connectivity index (χ1) is 17.7. The summed E-state index contributed by atoms with van der Waals surface area (Å²) >= 11 is 0. The number of amides is 2. The van der Waals surface area contributed by atoms with E-state index in [1.165, 1.54) is 12.1 Å². The Bertz CT molecular complexity index is 1160. The van der Waals surface area contributed by atoms with Crippen LogP contribution in [0.5, 0.6) is 0 Å². The molecule has 1 atom stereocenters. The average Bonchev–Trinajstić information content (AvgIpc) is 2.89. The molecule has 202 valence electrons. The molecule has 37 heavy (non-hydrogen) atoms. The quantitative estimate of drug-likeness (QED) is 0.325. The van der Waals surface area contributed by atoms with Crippen LogP contribution in [-0.4, -0.2) is 62.2 Å². The molecule has 1 aliphatic rings. The van der Waals surface area contributed by atoms with Crippen LogP contribution in [0.25, 0.3) is 0 Å². The zero-order valence-corrected chi connectivity index (χ0v) is 22.0. The van der Waals surface area contributed by atoms with Gasteiger partial charge in [-0.15, -0.1) is 0 Å². The van der Waals surface area contributed by atoms with Crippen LogP contribution in [0.2, 0.25) is 0 Å². The molecule has 0 spiro atoms. The van der Waals surface area contributed by atoms with Gasteiger partial charge in [0, 0.05) is 25.3 Å². The van der Waals surface area contributed by atoms with Crippen molar-refractivity contribution in [3.63, 3.8) is 0 Å².